The topological polar surface area (TPSA) is 89.1 Å². The molecule has 3 heterocycles. The molecule has 2 saturated heterocycles. The Labute approximate surface area is 262 Å². The van der Waals surface area contributed by atoms with Crippen LogP contribution in [-0.4, -0.2) is 71.4 Å². The van der Waals surface area contributed by atoms with Gasteiger partial charge in [0.2, 0.25) is 0 Å². The van der Waals surface area contributed by atoms with Gasteiger partial charge in [-0.2, -0.15) is 0 Å². The molecule has 2 aliphatic heterocycles. The van der Waals surface area contributed by atoms with E-state index < -0.39 is 5.60 Å². The number of benzene rings is 1. The van der Waals surface area contributed by atoms with Gasteiger partial charge in [-0.25, -0.2) is 19.2 Å². The number of alkyl carbamates (subject to hydrolysis) is 1. The molecule has 6 rings (SSSR count). The number of likely N-dealkylation sites (tertiary alicyclic amines) is 1. The average Bonchev–Trinajstić information content (AvgIpc) is 3.73. The summed E-state index contributed by atoms with van der Waals surface area (Å²) in [5.74, 6) is 2.60. The SMILES string of the molecule is CC(C)(C)OC(=O)NC1CCC(CN2CCC3(CCN(c4ncncc4Oc4ccc(F)cc4OC4CCCC4)C3)C2)CC1.[HH]. The van der Waals surface area contributed by atoms with Crippen LogP contribution in [0.3, 0.4) is 0 Å². The largest absolute Gasteiger partial charge is 0.486 e. The summed E-state index contributed by atoms with van der Waals surface area (Å²) in [5.41, 5.74) is -0.231. The van der Waals surface area contributed by atoms with E-state index in [1.165, 1.54) is 18.6 Å². The first-order valence-electron chi connectivity index (χ1n) is 16.5. The lowest BCUT2D eigenvalue weighted by Crippen LogP contribution is -2.42. The molecule has 0 radical (unpaired) electrons. The number of nitrogens with zero attached hydrogens (tertiary/aromatic N) is 4. The Bertz CT molecular complexity index is 1300. The van der Waals surface area contributed by atoms with Crippen LogP contribution < -0.4 is 19.7 Å². The van der Waals surface area contributed by atoms with Gasteiger partial charge in [0.15, 0.2) is 23.1 Å². The van der Waals surface area contributed by atoms with Crippen molar-refractivity contribution in [2.45, 2.75) is 103 Å². The number of carbonyl (C=O) groups excluding carboxylic acids is 1. The lowest BCUT2D eigenvalue weighted by molar-refractivity contribution is 0.0484. The van der Waals surface area contributed by atoms with Crippen LogP contribution in [0.15, 0.2) is 30.7 Å². The summed E-state index contributed by atoms with van der Waals surface area (Å²) in [6.45, 7) is 10.9. The normalized spacial score (nSPS) is 26.3. The molecule has 44 heavy (non-hydrogen) atoms. The van der Waals surface area contributed by atoms with Gasteiger partial charge >= 0.3 is 6.09 Å². The minimum Gasteiger partial charge on any atom is -0.486 e. The van der Waals surface area contributed by atoms with Crippen molar-refractivity contribution in [3.05, 3.63) is 36.5 Å². The van der Waals surface area contributed by atoms with Crippen molar-refractivity contribution in [1.29, 1.82) is 0 Å². The van der Waals surface area contributed by atoms with Gasteiger partial charge in [0.25, 0.3) is 0 Å². The molecule has 1 amide bonds. The van der Waals surface area contributed by atoms with Crippen LogP contribution in [0.4, 0.5) is 15.0 Å². The number of anilines is 1. The Kier molecular flexibility index (Phi) is 9.17. The van der Waals surface area contributed by atoms with Gasteiger partial charge < -0.3 is 29.3 Å². The number of aromatic nitrogens is 2. The molecule has 242 valence electrons. The van der Waals surface area contributed by atoms with E-state index in [0.29, 0.717) is 23.2 Å². The Balaban J connectivity index is 0.00000400. The highest BCUT2D eigenvalue weighted by molar-refractivity contribution is 5.68. The fraction of sp³-hybridized carbons (Fsp3) is 0.676. The first-order valence-corrected chi connectivity index (χ1v) is 16.5. The summed E-state index contributed by atoms with van der Waals surface area (Å²) in [6.07, 6.45) is 13.9. The molecule has 4 aliphatic rings. The highest BCUT2D eigenvalue weighted by Gasteiger charge is 2.45. The van der Waals surface area contributed by atoms with Crippen molar-refractivity contribution in [2.24, 2.45) is 11.3 Å². The number of halogens is 1. The van der Waals surface area contributed by atoms with E-state index in [9.17, 15) is 9.18 Å². The van der Waals surface area contributed by atoms with Crippen molar-refractivity contribution in [2.75, 3.05) is 37.6 Å². The van der Waals surface area contributed by atoms with Crippen LogP contribution >= 0.6 is 0 Å². The third-order valence-electron chi connectivity index (χ3n) is 9.72. The molecule has 1 N–H and O–H groups in total. The molecule has 0 bridgehead atoms. The zero-order valence-electron chi connectivity index (χ0n) is 26.5. The molecule has 1 unspecified atom stereocenters. The molecular formula is C34H50FN5O4. The average molecular weight is 612 g/mol. The summed E-state index contributed by atoms with van der Waals surface area (Å²) in [4.78, 5) is 26.1. The summed E-state index contributed by atoms with van der Waals surface area (Å²) >= 11 is 0. The van der Waals surface area contributed by atoms with Gasteiger partial charge in [-0.15, -0.1) is 0 Å². The fourth-order valence-corrected chi connectivity index (χ4v) is 7.54. The Hall–Kier alpha value is -3.14. The highest BCUT2D eigenvalue weighted by Crippen LogP contribution is 2.44. The maximum atomic E-state index is 14.2. The second kappa shape index (κ2) is 13.1. The monoisotopic (exact) mass is 611 g/mol. The minimum atomic E-state index is -0.472. The molecule has 10 heteroatoms. The van der Waals surface area contributed by atoms with Gasteiger partial charge in [0, 0.05) is 45.1 Å². The molecule has 2 aliphatic carbocycles. The third-order valence-corrected chi connectivity index (χ3v) is 9.72. The summed E-state index contributed by atoms with van der Waals surface area (Å²) in [6, 6.07) is 4.66. The van der Waals surface area contributed by atoms with Crippen LogP contribution in [0, 0.1) is 17.2 Å². The van der Waals surface area contributed by atoms with Gasteiger partial charge in [-0.3, -0.25) is 0 Å². The first-order chi connectivity index (χ1) is 21.1. The number of hydrogen-bond donors (Lipinski definition) is 1. The van der Waals surface area contributed by atoms with Crippen molar-refractivity contribution in [3.63, 3.8) is 0 Å². The summed E-state index contributed by atoms with van der Waals surface area (Å²) < 4.78 is 32.1. The van der Waals surface area contributed by atoms with Crippen LogP contribution in [-0.2, 0) is 4.74 Å². The second-order valence-electron chi connectivity index (χ2n) is 14.4. The smallest absolute Gasteiger partial charge is 0.407 e. The van der Waals surface area contributed by atoms with Crippen molar-refractivity contribution < 1.29 is 24.8 Å². The van der Waals surface area contributed by atoms with Crippen LogP contribution in [0.1, 0.15) is 86.4 Å². The third kappa shape index (κ3) is 7.73. The zero-order chi connectivity index (χ0) is 30.7. The van der Waals surface area contributed by atoms with E-state index >= 15 is 0 Å². The molecule has 2 saturated carbocycles. The highest BCUT2D eigenvalue weighted by atomic mass is 19.1. The maximum absolute atomic E-state index is 14.2. The van der Waals surface area contributed by atoms with Crippen molar-refractivity contribution >= 4 is 11.9 Å². The molecule has 1 aromatic carbocycles. The Morgan fingerprint density at radius 1 is 1.05 bits per heavy atom. The number of amides is 1. The number of hydrogen-bond acceptors (Lipinski definition) is 8. The molecule has 4 fully saturated rings. The van der Waals surface area contributed by atoms with E-state index in [-0.39, 0.29) is 30.9 Å². The Morgan fingerprint density at radius 3 is 2.59 bits per heavy atom. The zero-order valence-corrected chi connectivity index (χ0v) is 26.5. The summed E-state index contributed by atoms with van der Waals surface area (Å²) in [7, 11) is 0. The molecular weight excluding hydrogens is 561 g/mol. The first kappa shape index (κ1) is 30.9. The van der Waals surface area contributed by atoms with Gasteiger partial charge in [-0.05, 0) is 110 Å². The molecule has 9 nitrogen and oxygen atoms in total. The molecule has 1 atom stereocenters. The molecule has 1 aromatic heterocycles. The molecule has 2 aromatic rings. The second-order valence-corrected chi connectivity index (χ2v) is 14.4. The lowest BCUT2D eigenvalue weighted by atomic mass is 9.85. The predicted molar refractivity (Wildman–Crippen MR) is 169 cm³/mol. The quantitative estimate of drug-likeness (QED) is 0.343. The lowest BCUT2D eigenvalue weighted by Gasteiger charge is -2.32. The summed E-state index contributed by atoms with van der Waals surface area (Å²) in [5, 5.41) is 3.07. The Morgan fingerprint density at radius 2 is 1.82 bits per heavy atom. The minimum absolute atomic E-state index is 0. The number of carbonyl (C=O) groups is 1. The van der Waals surface area contributed by atoms with E-state index in [4.69, 9.17) is 14.2 Å². The van der Waals surface area contributed by atoms with Crippen LogP contribution in [0.5, 0.6) is 17.2 Å². The van der Waals surface area contributed by atoms with E-state index in [1.54, 1.807) is 18.6 Å². The number of nitrogens with one attached hydrogen (secondary N) is 1. The van der Waals surface area contributed by atoms with Crippen molar-refractivity contribution in [3.8, 4) is 17.2 Å². The van der Waals surface area contributed by atoms with Gasteiger partial charge in [0.1, 0.15) is 17.7 Å². The van der Waals surface area contributed by atoms with Crippen LogP contribution in [0.25, 0.3) is 0 Å². The number of ether oxygens (including phenoxy) is 3. The van der Waals surface area contributed by atoms with E-state index in [2.05, 4.69) is 25.1 Å². The standard InChI is InChI=1S/C34H48FN5O4.H2/c1-33(2,3)44-32(41)38-26-11-8-24(9-12-26)20-39-16-14-34(21-39)15-17-40(22-34)31-30(19-36-23-37-31)43-28-13-10-25(35)18-29(28)42-27-6-4-5-7-27;/h10,13,18-19,23-24,26-27H,4-9,11-12,14-17,20-22H2,1-3H3,(H,38,41);1H. The maximum Gasteiger partial charge on any atom is 0.407 e. The number of rotatable bonds is 8. The van der Waals surface area contributed by atoms with Gasteiger partial charge in [-0.1, -0.05) is 0 Å². The molecule has 1 spiro atoms. The van der Waals surface area contributed by atoms with Gasteiger partial charge in [0.05, 0.1) is 12.3 Å². The van der Waals surface area contributed by atoms with Crippen LogP contribution in [0.2, 0.25) is 0 Å². The van der Waals surface area contributed by atoms with Crippen molar-refractivity contribution in [1.82, 2.24) is 20.2 Å². The van der Waals surface area contributed by atoms with E-state index in [0.717, 1.165) is 96.3 Å². The van der Waals surface area contributed by atoms with E-state index in [1.807, 2.05) is 20.8 Å². The fourth-order valence-electron chi connectivity index (χ4n) is 7.54. The predicted octanol–water partition coefficient (Wildman–Crippen LogP) is 6.96.